The van der Waals surface area contributed by atoms with Gasteiger partial charge in [0.2, 0.25) is 11.9 Å². The molecule has 7 nitrogen and oxygen atoms in total. The van der Waals surface area contributed by atoms with Crippen molar-refractivity contribution < 1.29 is 9.84 Å². The molecular weight excluding hydrogens is 282 g/mol. The lowest BCUT2D eigenvalue weighted by Gasteiger charge is -2.17. The fourth-order valence-corrected chi connectivity index (χ4v) is 2.27. The highest BCUT2D eigenvalue weighted by atomic mass is 16.5. The lowest BCUT2D eigenvalue weighted by Crippen LogP contribution is -2.18. The predicted octanol–water partition coefficient (Wildman–Crippen LogP) is 1.68. The van der Waals surface area contributed by atoms with Crippen molar-refractivity contribution in [3.63, 3.8) is 0 Å². The minimum atomic E-state index is -0.410. The van der Waals surface area contributed by atoms with Gasteiger partial charge in [-0.25, -0.2) is 0 Å². The first-order chi connectivity index (χ1) is 10.6. The Labute approximate surface area is 131 Å². The molecule has 122 valence electrons. The van der Waals surface area contributed by atoms with E-state index in [1.54, 1.807) is 7.11 Å². The molecule has 22 heavy (non-hydrogen) atoms. The zero-order valence-electron chi connectivity index (χ0n) is 13.5. The fraction of sp³-hybridized carbons (Fsp3) is 0.667. The molecule has 0 amide bonds. The summed E-state index contributed by atoms with van der Waals surface area (Å²) >= 11 is 0. The van der Waals surface area contributed by atoms with Gasteiger partial charge >= 0.3 is 0 Å². The maximum Gasteiger partial charge on any atom is 0.228 e. The van der Waals surface area contributed by atoms with Crippen LogP contribution in [-0.4, -0.2) is 52.5 Å². The summed E-state index contributed by atoms with van der Waals surface area (Å²) in [6.45, 7) is 5.27. The summed E-state index contributed by atoms with van der Waals surface area (Å²) in [4.78, 5) is 13.3. The number of anilines is 2. The molecule has 7 heteroatoms. The van der Waals surface area contributed by atoms with Crippen LogP contribution in [0.1, 0.15) is 38.9 Å². The Bertz CT molecular complexity index is 519. The van der Waals surface area contributed by atoms with Crippen molar-refractivity contribution in [3.8, 4) is 0 Å². The first-order valence-electron chi connectivity index (χ1n) is 7.73. The minimum absolute atomic E-state index is 0.230. The Morgan fingerprint density at radius 3 is 2.77 bits per heavy atom. The number of aromatic nitrogens is 3. The number of nitrogens with one attached hydrogen (secondary N) is 2. The van der Waals surface area contributed by atoms with E-state index in [0.717, 1.165) is 24.8 Å². The molecule has 1 aromatic rings. The van der Waals surface area contributed by atoms with Crippen molar-refractivity contribution in [1.82, 2.24) is 15.0 Å². The standard InChI is InChI=1S/C15H25N5O2/c1-10(2)17-15-19-13(11-5-4-6-12(21)9-11)18-14(20-15)16-7-8-22-3/h9-10,12,21H,4-8H2,1-3H3,(H2,16,17,18,19,20). The molecule has 1 atom stereocenters. The summed E-state index contributed by atoms with van der Waals surface area (Å²) in [6, 6.07) is 0.230. The molecule has 0 radical (unpaired) electrons. The van der Waals surface area contributed by atoms with Gasteiger partial charge < -0.3 is 20.5 Å². The molecular formula is C15H25N5O2. The molecule has 1 aliphatic rings. The van der Waals surface area contributed by atoms with Crippen LogP contribution >= 0.6 is 0 Å². The van der Waals surface area contributed by atoms with E-state index in [1.165, 1.54) is 0 Å². The largest absolute Gasteiger partial charge is 0.389 e. The number of hydrogen-bond donors (Lipinski definition) is 3. The highest BCUT2D eigenvalue weighted by Crippen LogP contribution is 2.25. The summed E-state index contributed by atoms with van der Waals surface area (Å²) in [7, 11) is 1.65. The van der Waals surface area contributed by atoms with Crippen molar-refractivity contribution in [3.05, 3.63) is 11.9 Å². The summed E-state index contributed by atoms with van der Waals surface area (Å²) in [5, 5.41) is 16.1. The van der Waals surface area contributed by atoms with Gasteiger partial charge in [-0.2, -0.15) is 15.0 Å². The van der Waals surface area contributed by atoms with Gasteiger partial charge in [0.05, 0.1) is 12.7 Å². The van der Waals surface area contributed by atoms with Crippen LogP contribution in [0, 0.1) is 0 Å². The van der Waals surface area contributed by atoms with E-state index in [0.29, 0.717) is 30.9 Å². The maximum absolute atomic E-state index is 9.80. The molecule has 1 aromatic heterocycles. The third kappa shape index (κ3) is 4.92. The SMILES string of the molecule is COCCNc1nc(NC(C)C)nc(C2=CC(O)CCC2)n1. The van der Waals surface area contributed by atoms with Crippen LogP contribution in [-0.2, 0) is 4.74 Å². The number of hydrogen-bond acceptors (Lipinski definition) is 7. The quantitative estimate of drug-likeness (QED) is 0.660. The minimum Gasteiger partial charge on any atom is -0.389 e. The number of aliphatic hydroxyl groups excluding tert-OH is 1. The van der Waals surface area contributed by atoms with Crippen LogP contribution < -0.4 is 10.6 Å². The van der Waals surface area contributed by atoms with Gasteiger partial charge in [0.15, 0.2) is 5.82 Å². The Hall–Kier alpha value is -1.73. The maximum atomic E-state index is 9.80. The smallest absolute Gasteiger partial charge is 0.228 e. The molecule has 0 aliphatic heterocycles. The van der Waals surface area contributed by atoms with E-state index >= 15 is 0 Å². The Balaban J connectivity index is 2.24. The van der Waals surface area contributed by atoms with E-state index in [-0.39, 0.29) is 6.04 Å². The number of ether oxygens (including phenoxy) is 1. The number of aliphatic hydroxyl groups is 1. The van der Waals surface area contributed by atoms with Gasteiger partial charge in [0, 0.05) is 19.7 Å². The highest BCUT2D eigenvalue weighted by Gasteiger charge is 2.16. The number of nitrogens with zero attached hydrogens (tertiary/aromatic N) is 3. The zero-order chi connectivity index (χ0) is 15.9. The average molecular weight is 307 g/mol. The molecule has 0 aromatic carbocycles. The van der Waals surface area contributed by atoms with Crippen LogP contribution in [0.5, 0.6) is 0 Å². The van der Waals surface area contributed by atoms with Crippen molar-refractivity contribution >= 4 is 17.5 Å². The number of allylic oxidation sites excluding steroid dienone is 1. The Kier molecular flexibility index (Phi) is 6.09. The number of rotatable bonds is 7. The van der Waals surface area contributed by atoms with E-state index in [4.69, 9.17) is 4.74 Å². The van der Waals surface area contributed by atoms with Crippen LogP contribution in [0.15, 0.2) is 6.08 Å². The molecule has 1 aliphatic carbocycles. The topological polar surface area (TPSA) is 92.2 Å². The first kappa shape index (κ1) is 16.6. The molecule has 1 unspecified atom stereocenters. The van der Waals surface area contributed by atoms with Gasteiger partial charge in [-0.15, -0.1) is 0 Å². The third-order valence-electron chi connectivity index (χ3n) is 3.27. The summed E-state index contributed by atoms with van der Waals surface area (Å²) in [5.74, 6) is 1.68. The van der Waals surface area contributed by atoms with Gasteiger partial charge in [-0.3, -0.25) is 0 Å². The van der Waals surface area contributed by atoms with Gasteiger partial charge in [0.1, 0.15) is 0 Å². The second kappa shape index (κ2) is 8.05. The third-order valence-corrected chi connectivity index (χ3v) is 3.27. The van der Waals surface area contributed by atoms with Gasteiger partial charge in [-0.1, -0.05) is 0 Å². The molecule has 1 heterocycles. The second-order valence-electron chi connectivity index (χ2n) is 5.68. The molecule has 0 saturated carbocycles. The fourth-order valence-electron chi connectivity index (χ4n) is 2.27. The number of methoxy groups -OCH3 is 1. The first-order valence-corrected chi connectivity index (χ1v) is 7.73. The zero-order valence-corrected chi connectivity index (χ0v) is 13.5. The van der Waals surface area contributed by atoms with E-state index in [1.807, 2.05) is 19.9 Å². The molecule has 3 N–H and O–H groups in total. The lowest BCUT2D eigenvalue weighted by atomic mass is 9.97. The monoisotopic (exact) mass is 307 g/mol. The molecule has 0 spiro atoms. The van der Waals surface area contributed by atoms with E-state index in [2.05, 4.69) is 25.6 Å². The van der Waals surface area contributed by atoms with Crippen molar-refractivity contribution in [2.75, 3.05) is 30.9 Å². The second-order valence-corrected chi connectivity index (χ2v) is 5.68. The van der Waals surface area contributed by atoms with E-state index < -0.39 is 6.10 Å². The van der Waals surface area contributed by atoms with E-state index in [9.17, 15) is 5.11 Å². The molecule has 0 bridgehead atoms. The van der Waals surface area contributed by atoms with Crippen molar-refractivity contribution in [2.45, 2.75) is 45.3 Å². The van der Waals surface area contributed by atoms with Crippen LogP contribution in [0.25, 0.3) is 5.57 Å². The van der Waals surface area contributed by atoms with Crippen molar-refractivity contribution in [1.29, 1.82) is 0 Å². The Morgan fingerprint density at radius 2 is 2.09 bits per heavy atom. The van der Waals surface area contributed by atoms with Gasteiger partial charge in [0.25, 0.3) is 0 Å². The summed E-state index contributed by atoms with van der Waals surface area (Å²) in [6.07, 6.45) is 4.05. The predicted molar refractivity (Wildman–Crippen MR) is 86.8 cm³/mol. The lowest BCUT2D eigenvalue weighted by molar-refractivity contribution is 0.206. The molecule has 0 saturated heterocycles. The highest BCUT2D eigenvalue weighted by molar-refractivity contribution is 5.63. The average Bonchev–Trinajstić information content (AvgIpc) is 2.46. The summed E-state index contributed by atoms with van der Waals surface area (Å²) in [5.41, 5.74) is 0.975. The van der Waals surface area contributed by atoms with Crippen molar-refractivity contribution in [2.24, 2.45) is 0 Å². The van der Waals surface area contributed by atoms with Crippen LogP contribution in [0.3, 0.4) is 0 Å². The van der Waals surface area contributed by atoms with Crippen LogP contribution in [0.2, 0.25) is 0 Å². The summed E-state index contributed by atoms with van der Waals surface area (Å²) < 4.78 is 5.03. The van der Waals surface area contributed by atoms with Crippen LogP contribution in [0.4, 0.5) is 11.9 Å². The van der Waals surface area contributed by atoms with Gasteiger partial charge in [-0.05, 0) is 44.8 Å². The normalized spacial score (nSPS) is 18.2. The Morgan fingerprint density at radius 1 is 1.32 bits per heavy atom. The molecule has 2 rings (SSSR count). The molecule has 0 fully saturated rings.